The molecule has 5 heteroatoms. The number of hydrogen-bond acceptors (Lipinski definition) is 1. The number of nitrogens with zero attached hydrogens (tertiary/aromatic N) is 2. The van der Waals surface area contributed by atoms with Gasteiger partial charge in [0.25, 0.3) is 0 Å². The zero-order valence-corrected chi connectivity index (χ0v) is 12.0. The molecule has 0 saturated carbocycles. The first-order valence-electron chi connectivity index (χ1n) is 4.76. The van der Waals surface area contributed by atoms with Crippen LogP contribution in [0, 0.1) is 5.82 Å². The molecule has 0 aliphatic rings. The molecule has 0 unspecified atom stereocenters. The highest BCUT2D eigenvalue weighted by Gasteiger charge is 2.00. The molecule has 3 nitrogen and oxygen atoms in total. The molecular weight excluding hydrogens is 320 g/mol. The van der Waals surface area contributed by atoms with E-state index in [2.05, 4.69) is 10.3 Å². The predicted molar refractivity (Wildman–Crippen MR) is 75.7 cm³/mol. The first-order valence-corrected chi connectivity index (χ1v) is 4.76. The predicted octanol–water partition coefficient (Wildman–Crippen LogP) is 2.08. The summed E-state index contributed by atoms with van der Waals surface area (Å²) >= 11 is 0. The Morgan fingerprint density at radius 1 is 1.44 bits per heavy atom. The number of hydrogen-bond donors (Lipinski definition) is 1. The van der Waals surface area contributed by atoms with Crippen LogP contribution in [0.4, 0.5) is 4.39 Å². The lowest BCUT2D eigenvalue weighted by atomic mass is 10.2. The van der Waals surface area contributed by atoms with Gasteiger partial charge in [-0.25, -0.2) is 4.39 Å². The molecule has 0 fully saturated rings. The molecule has 0 aliphatic heterocycles. The van der Waals surface area contributed by atoms with Gasteiger partial charge in [-0.15, -0.1) is 24.0 Å². The Morgan fingerprint density at radius 3 is 2.62 bits per heavy atom. The molecule has 0 aromatic heterocycles. The number of halogens is 2. The molecular formula is C11H17FIN3. The molecule has 0 spiro atoms. The summed E-state index contributed by atoms with van der Waals surface area (Å²) in [6.07, 6.45) is 0. The van der Waals surface area contributed by atoms with Crippen molar-refractivity contribution >= 4 is 29.9 Å². The van der Waals surface area contributed by atoms with Crippen molar-refractivity contribution in [1.29, 1.82) is 0 Å². The molecule has 0 heterocycles. The smallest absolute Gasteiger partial charge is 0.193 e. The van der Waals surface area contributed by atoms with Gasteiger partial charge in [0.15, 0.2) is 5.96 Å². The van der Waals surface area contributed by atoms with E-state index in [1.165, 1.54) is 12.1 Å². The molecule has 0 saturated heterocycles. The van der Waals surface area contributed by atoms with Crippen LogP contribution in [-0.4, -0.2) is 32.0 Å². The summed E-state index contributed by atoms with van der Waals surface area (Å²) in [7, 11) is 5.52. The van der Waals surface area contributed by atoms with Crippen molar-refractivity contribution in [2.75, 3.05) is 21.1 Å². The van der Waals surface area contributed by atoms with Crippen molar-refractivity contribution in [3.05, 3.63) is 35.6 Å². The number of benzene rings is 1. The lowest BCUT2D eigenvalue weighted by Crippen LogP contribution is -2.35. The third-order valence-corrected chi connectivity index (χ3v) is 1.98. The molecule has 1 aromatic rings. The van der Waals surface area contributed by atoms with E-state index in [4.69, 9.17) is 0 Å². The molecule has 1 rings (SSSR count). The van der Waals surface area contributed by atoms with Crippen LogP contribution in [0.5, 0.6) is 0 Å². The van der Waals surface area contributed by atoms with Gasteiger partial charge >= 0.3 is 0 Å². The third kappa shape index (κ3) is 4.78. The monoisotopic (exact) mass is 337 g/mol. The minimum Gasteiger partial charge on any atom is -0.352 e. The van der Waals surface area contributed by atoms with Crippen LogP contribution in [-0.2, 0) is 6.54 Å². The Bertz CT molecular complexity index is 353. The quantitative estimate of drug-likeness (QED) is 0.508. The Balaban J connectivity index is 0.00000225. The molecule has 1 N–H and O–H groups in total. The second kappa shape index (κ2) is 7.43. The standard InChI is InChI=1S/C11H16FN3.HI/c1-13-11(15(2)3)14-8-9-5-4-6-10(12)7-9;/h4-7H,8H2,1-3H3,(H,13,14);1H. The second-order valence-electron chi connectivity index (χ2n) is 3.43. The van der Waals surface area contributed by atoms with Crippen molar-refractivity contribution in [3.63, 3.8) is 0 Å². The summed E-state index contributed by atoms with van der Waals surface area (Å²) < 4.78 is 12.9. The average Bonchev–Trinajstić information content (AvgIpc) is 2.18. The summed E-state index contributed by atoms with van der Waals surface area (Å²) in [4.78, 5) is 5.94. The van der Waals surface area contributed by atoms with Crippen LogP contribution < -0.4 is 5.32 Å². The molecule has 0 aliphatic carbocycles. The van der Waals surface area contributed by atoms with Crippen LogP contribution in [0.25, 0.3) is 0 Å². The number of rotatable bonds is 2. The van der Waals surface area contributed by atoms with E-state index in [0.717, 1.165) is 11.5 Å². The highest BCUT2D eigenvalue weighted by molar-refractivity contribution is 14.0. The number of aliphatic imine (C=N–C) groups is 1. The average molecular weight is 337 g/mol. The maximum atomic E-state index is 12.9. The van der Waals surface area contributed by atoms with Gasteiger partial charge in [0, 0.05) is 27.7 Å². The van der Waals surface area contributed by atoms with Gasteiger partial charge in [0.2, 0.25) is 0 Å². The van der Waals surface area contributed by atoms with Gasteiger partial charge in [-0.2, -0.15) is 0 Å². The third-order valence-electron chi connectivity index (χ3n) is 1.98. The van der Waals surface area contributed by atoms with E-state index in [1.807, 2.05) is 25.1 Å². The van der Waals surface area contributed by atoms with Crippen LogP contribution in [0.3, 0.4) is 0 Å². The zero-order valence-electron chi connectivity index (χ0n) is 9.70. The minimum absolute atomic E-state index is 0. The SMILES string of the molecule is CN=C(NCc1cccc(F)c1)N(C)C.I. The summed E-state index contributed by atoms with van der Waals surface area (Å²) in [5.41, 5.74) is 0.901. The maximum absolute atomic E-state index is 12.9. The Kier molecular flexibility index (Phi) is 7.03. The van der Waals surface area contributed by atoms with Crippen LogP contribution in [0.1, 0.15) is 5.56 Å². The highest BCUT2D eigenvalue weighted by atomic mass is 127. The van der Waals surface area contributed by atoms with Gasteiger partial charge in [-0.1, -0.05) is 12.1 Å². The summed E-state index contributed by atoms with van der Waals surface area (Å²) in [6, 6.07) is 6.52. The van der Waals surface area contributed by atoms with E-state index in [1.54, 1.807) is 13.1 Å². The van der Waals surface area contributed by atoms with Crippen molar-refractivity contribution in [2.24, 2.45) is 4.99 Å². The Hall–Kier alpha value is -0.850. The fourth-order valence-corrected chi connectivity index (χ4v) is 1.27. The van der Waals surface area contributed by atoms with Crippen molar-refractivity contribution in [3.8, 4) is 0 Å². The zero-order chi connectivity index (χ0) is 11.3. The van der Waals surface area contributed by atoms with Crippen LogP contribution in [0.2, 0.25) is 0 Å². The van der Waals surface area contributed by atoms with Crippen LogP contribution in [0.15, 0.2) is 29.3 Å². The van der Waals surface area contributed by atoms with E-state index in [0.29, 0.717) is 6.54 Å². The summed E-state index contributed by atoms with van der Waals surface area (Å²) in [6.45, 7) is 0.572. The molecule has 16 heavy (non-hydrogen) atoms. The van der Waals surface area contributed by atoms with Gasteiger partial charge in [-0.3, -0.25) is 4.99 Å². The van der Waals surface area contributed by atoms with E-state index >= 15 is 0 Å². The first-order chi connectivity index (χ1) is 7.13. The maximum Gasteiger partial charge on any atom is 0.193 e. The molecule has 90 valence electrons. The lowest BCUT2D eigenvalue weighted by molar-refractivity contribution is 0.581. The van der Waals surface area contributed by atoms with Crippen molar-refractivity contribution in [2.45, 2.75) is 6.54 Å². The van der Waals surface area contributed by atoms with E-state index in [9.17, 15) is 4.39 Å². The molecule has 0 bridgehead atoms. The van der Waals surface area contributed by atoms with E-state index in [-0.39, 0.29) is 29.8 Å². The van der Waals surface area contributed by atoms with Gasteiger partial charge in [-0.05, 0) is 17.7 Å². The lowest BCUT2D eigenvalue weighted by Gasteiger charge is -2.16. The fourth-order valence-electron chi connectivity index (χ4n) is 1.27. The molecule has 0 amide bonds. The topological polar surface area (TPSA) is 27.6 Å². The minimum atomic E-state index is -0.214. The number of nitrogens with one attached hydrogen (secondary N) is 1. The Labute approximate surface area is 113 Å². The summed E-state index contributed by atoms with van der Waals surface area (Å²) in [5.74, 6) is 0.563. The van der Waals surface area contributed by atoms with Gasteiger partial charge in [0.05, 0.1) is 0 Å². The molecule has 1 aromatic carbocycles. The van der Waals surface area contributed by atoms with Gasteiger partial charge < -0.3 is 10.2 Å². The normalized spacial score (nSPS) is 10.6. The van der Waals surface area contributed by atoms with E-state index < -0.39 is 0 Å². The fraction of sp³-hybridized carbons (Fsp3) is 0.364. The van der Waals surface area contributed by atoms with Crippen molar-refractivity contribution < 1.29 is 4.39 Å². The molecule has 0 radical (unpaired) electrons. The second-order valence-corrected chi connectivity index (χ2v) is 3.43. The largest absolute Gasteiger partial charge is 0.352 e. The summed E-state index contributed by atoms with van der Waals surface area (Å²) in [5, 5.41) is 3.12. The van der Waals surface area contributed by atoms with Gasteiger partial charge in [0.1, 0.15) is 5.82 Å². The van der Waals surface area contributed by atoms with Crippen molar-refractivity contribution in [1.82, 2.24) is 10.2 Å². The van der Waals surface area contributed by atoms with Crippen LogP contribution >= 0.6 is 24.0 Å². The highest BCUT2D eigenvalue weighted by Crippen LogP contribution is 2.02. The number of guanidine groups is 1. The molecule has 0 atom stereocenters. The first kappa shape index (κ1) is 15.2. The Morgan fingerprint density at radius 2 is 2.12 bits per heavy atom.